The van der Waals surface area contributed by atoms with Gasteiger partial charge < -0.3 is 19.4 Å². The lowest BCUT2D eigenvalue weighted by atomic mass is 9.90. The van der Waals surface area contributed by atoms with Crippen LogP contribution in [-0.2, 0) is 5.54 Å². The van der Waals surface area contributed by atoms with E-state index in [-0.39, 0.29) is 29.3 Å². The number of nitrogens with zero attached hydrogens (tertiary/aromatic N) is 5. The van der Waals surface area contributed by atoms with Gasteiger partial charge in [-0.2, -0.15) is 13.2 Å². The van der Waals surface area contributed by atoms with Gasteiger partial charge in [0.05, 0.1) is 12.8 Å². The van der Waals surface area contributed by atoms with Gasteiger partial charge in [-0.25, -0.2) is 9.37 Å². The quantitative estimate of drug-likeness (QED) is 0.257. The standard InChI is InChI=1S/C30H24F4N6O3/c1-29(40-15-37-38-16-40)14-43-27-21(29)12-23(39-26(27)17-5-7-20(31)8-6-17)22(30(32,33)34)13-36-28(41)19-10-18-4-3-9-35-25(18)24(11-19)42-2/h3-12,15-16,22H,13-14H2,1-2H3,(H,36,41)/t22-,29+/m1/s1. The highest BCUT2D eigenvalue weighted by Crippen LogP contribution is 2.47. The summed E-state index contributed by atoms with van der Waals surface area (Å²) in [6.45, 7) is 1.06. The van der Waals surface area contributed by atoms with Crippen molar-refractivity contribution < 1.29 is 31.8 Å². The first-order valence-electron chi connectivity index (χ1n) is 13.2. The molecule has 0 saturated heterocycles. The highest BCUT2D eigenvalue weighted by molar-refractivity contribution is 5.99. The van der Waals surface area contributed by atoms with Crippen LogP contribution in [0.5, 0.6) is 11.5 Å². The molecule has 1 amide bonds. The summed E-state index contributed by atoms with van der Waals surface area (Å²) in [5, 5.41) is 10.7. The molecular formula is C30H24F4N6O3. The topological polar surface area (TPSA) is 104 Å². The summed E-state index contributed by atoms with van der Waals surface area (Å²) in [5.74, 6) is -2.84. The highest BCUT2D eigenvalue weighted by Gasteiger charge is 2.46. The number of methoxy groups -OCH3 is 1. The van der Waals surface area contributed by atoms with Crippen LogP contribution in [0.4, 0.5) is 17.6 Å². The molecule has 0 unspecified atom stereocenters. The predicted molar refractivity (Wildman–Crippen MR) is 147 cm³/mol. The van der Waals surface area contributed by atoms with Crippen molar-refractivity contribution >= 4 is 16.8 Å². The number of pyridine rings is 2. The van der Waals surface area contributed by atoms with Gasteiger partial charge in [0.2, 0.25) is 0 Å². The Hall–Kier alpha value is -5.07. The zero-order valence-corrected chi connectivity index (χ0v) is 22.9. The molecule has 0 fully saturated rings. The van der Waals surface area contributed by atoms with Gasteiger partial charge in [-0.3, -0.25) is 9.78 Å². The van der Waals surface area contributed by atoms with Crippen LogP contribution in [0.15, 0.2) is 73.4 Å². The number of nitrogens with one attached hydrogen (secondary N) is 1. The summed E-state index contributed by atoms with van der Waals surface area (Å²) in [6, 6.07) is 12.9. The lowest BCUT2D eigenvalue weighted by Gasteiger charge is -2.26. The molecule has 4 heterocycles. The van der Waals surface area contributed by atoms with Crippen LogP contribution in [0.1, 0.15) is 34.5 Å². The summed E-state index contributed by atoms with van der Waals surface area (Å²) >= 11 is 0. The molecule has 9 nitrogen and oxygen atoms in total. The van der Waals surface area contributed by atoms with Crippen molar-refractivity contribution in [2.45, 2.75) is 24.6 Å². The number of rotatable bonds is 7. The fourth-order valence-corrected chi connectivity index (χ4v) is 5.17. The Kier molecular flexibility index (Phi) is 6.95. The third-order valence-corrected chi connectivity index (χ3v) is 7.55. The van der Waals surface area contributed by atoms with Gasteiger partial charge in [-0.1, -0.05) is 6.07 Å². The number of hydrogen-bond donors (Lipinski definition) is 1. The Morgan fingerprint density at radius 1 is 1.14 bits per heavy atom. The summed E-state index contributed by atoms with van der Waals surface area (Å²) in [4.78, 5) is 21.8. The lowest BCUT2D eigenvalue weighted by molar-refractivity contribution is -0.149. The number of ether oxygens (including phenoxy) is 2. The molecule has 13 heteroatoms. The van der Waals surface area contributed by atoms with Crippen LogP contribution in [0.3, 0.4) is 0 Å². The smallest absolute Gasteiger partial charge is 0.398 e. The third-order valence-electron chi connectivity index (χ3n) is 7.55. The first-order valence-corrected chi connectivity index (χ1v) is 13.2. The summed E-state index contributed by atoms with van der Waals surface area (Å²) in [6.07, 6.45) is -0.316. The van der Waals surface area contributed by atoms with E-state index in [1.54, 1.807) is 29.8 Å². The van der Waals surface area contributed by atoms with Crippen molar-refractivity contribution in [1.82, 2.24) is 30.0 Å². The molecule has 5 aromatic rings. The summed E-state index contributed by atoms with van der Waals surface area (Å²) in [7, 11) is 1.42. The molecule has 3 aromatic heterocycles. The van der Waals surface area contributed by atoms with E-state index in [4.69, 9.17) is 9.47 Å². The average molecular weight is 593 g/mol. The van der Waals surface area contributed by atoms with Crippen LogP contribution in [-0.4, -0.2) is 57.1 Å². The normalized spacial score (nSPS) is 16.9. The Morgan fingerprint density at radius 2 is 1.88 bits per heavy atom. The van der Waals surface area contributed by atoms with Crippen molar-refractivity contribution in [3.05, 3.63) is 96.1 Å². The number of alkyl halides is 3. The number of benzene rings is 2. The Bertz CT molecular complexity index is 1810. The van der Waals surface area contributed by atoms with Gasteiger partial charge in [-0.15, -0.1) is 10.2 Å². The van der Waals surface area contributed by atoms with Crippen molar-refractivity contribution in [3.8, 4) is 22.8 Å². The molecule has 0 aliphatic carbocycles. The molecule has 0 saturated carbocycles. The fourth-order valence-electron chi connectivity index (χ4n) is 5.17. The SMILES string of the molecule is COc1cc(C(=O)NC[C@H](c2cc3c(c(-c4ccc(F)cc4)n2)OC[C@]3(C)n2cnnc2)C(F)(F)F)cc2cccnc12. The van der Waals surface area contributed by atoms with E-state index in [0.29, 0.717) is 27.8 Å². The summed E-state index contributed by atoms with van der Waals surface area (Å²) in [5.41, 5.74) is 0.246. The minimum absolute atomic E-state index is 0.0752. The molecule has 1 aliphatic rings. The molecule has 43 heavy (non-hydrogen) atoms. The first-order chi connectivity index (χ1) is 20.6. The molecule has 1 aliphatic heterocycles. The Morgan fingerprint density at radius 3 is 2.58 bits per heavy atom. The second-order valence-electron chi connectivity index (χ2n) is 10.3. The van der Waals surface area contributed by atoms with Crippen LogP contribution >= 0.6 is 0 Å². The predicted octanol–water partition coefficient (Wildman–Crippen LogP) is 5.27. The van der Waals surface area contributed by atoms with Gasteiger partial charge >= 0.3 is 6.18 Å². The largest absolute Gasteiger partial charge is 0.494 e. The molecular weight excluding hydrogens is 568 g/mol. The minimum atomic E-state index is -4.79. The number of aromatic nitrogens is 5. The molecule has 2 aromatic carbocycles. The minimum Gasteiger partial charge on any atom is -0.494 e. The first kappa shape index (κ1) is 28.1. The molecule has 6 rings (SSSR count). The maximum atomic E-state index is 14.7. The highest BCUT2D eigenvalue weighted by atomic mass is 19.4. The second kappa shape index (κ2) is 10.6. The number of halogens is 4. The number of carbonyl (C=O) groups is 1. The van der Waals surface area contributed by atoms with Gasteiger partial charge in [0.1, 0.15) is 53.5 Å². The van der Waals surface area contributed by atoms with E-state index >= 15 is 0 Å². The monoisotopic (exact) mass is 592 g/mol. The van der Waals surface area contributed by atoms with Crippen molar-refractivity contribution in [1.29, 1.82) is 0 Å². The molecule has 220 valence electrons. The van der Waals surface area contributed by atoms with Crippen LogP contribution in [0.25, 0.3) is 22.2 Å². The second-order valence-corrected chi connectivity index (χ2v) is 10.3. The van der Waals surface area contributed by atoms with E-state index in [9.17, 15) is 22.4 Å². The number of fused-ring (bicyclic) bond motifs is 2. The maximum Gasteiger partial charge on any atom is 0.398 e. The van der Waals surface area contributed by atoms with Crippen molar-refractivity contribution in [3.63, 3.8) is 0 Å². The van der Waals surface area contributed by atoms with E-state index in [0.717, 1.165) is 0 Å². The zero-order chi connectivity index (χ0) is 30.4. The van der Waals surface area contributed by atoms with Crippen LogP contribution in [0, 0.1) is 5.82 Å². The Balaban J connectivity index is 1.40. The van der Waals surface area contributed by atoms with E-state index in [2.05, 4.69) is 25.5 Å². The number of carbonyl (C=O) groups excluding carboxylic acids is 1. The molecule has 1 N–H and O–H groups in total. The zero-order valence-electron chi connectivity index (χ0n) is 22.9. The van der Waals surface area contributed by atoms with Gasteiger partial charge in [0, 0.05) is 34.8 Å². The molecule has 0 bridgehead atoms. The van der Waals surface area contributed by atoms with Crippen molar-refractivity contribution in [2.75, 3.05) is 20.3 Å². The maximum absolute atomic E-state index is 14.7. The molecule has 0 spiro atoms. The van der Waals surface area contributed by atoms with Crippen molar-refractivity contribution in [2.24, 2.45) is 0 Å². The van der Waals surface area contributed by atoms with Gasteiger partial charge in [0.25, 0.3) is 5.91 Å². The van der Waals surface area contributed by atoms with Crippen LogP contribution in [0.2, 0.25) is 0 Å². The lowest BCUT2D eigenvalue weighted by Crippen LogP contribution is -2.36. The summed E-state index contributed by atoms with van der Waals surface area (Å²) < 4.78 is 70.7. The number of amides is 1. The average Bonchev–Trinajstić information content (AvgIpc) is 3.66. The van der Waals surface area contributed by atoms with Gasteiger partial charge in [-0.05, 0) is 55.5 Å². The third kappa shape index (κ3) is 5.11. The fraction of sp³-hybridized carbons (Fsp3) is 0.233. The molecule has 0 radical (unpaired) electrons. The van der Waals surface area contributed by atoms with Crippen LogP contribution < -0.4 is 14.8 Å². The Labute approximate surface area is 242 Å². The molecule has 2 atom stereocenters. The van der Waals surface area contributed by atoms with Gasteiger partial charge in [0.15, 0.2) is 5.75 Å². The number of hydrogen-bond acceptors (Lipinski definition) is 7. The van der Waals surface area contributed by atoms with E-state index in [1.807, 2.05) is 0 Å². The van der Waals surface area contributed by atoms with E-state index < -0.39 is 35.9 Å². The van der Waals surface area contributed by atoms with E-state index in [1.165, 1.54) is 62.2 Å².